The Morgan fingerprint density at radius 1 is 0.447 bits per heavy atom. The van der Waals surface area contributed by atoms with Gasteiger partial charge in [-0.15, -0.1) is 0 Å². The molecule has 15 heterocycles. The topological polar surface area (TPSA) is 415 Å². The number of pyridine rings is 3. The van der Waals surface area contributed by atoms with E-state index in [1.54, 1.807) is 120 Å². The molecule has 12 aromatic heterocycles. The fraction of sp³-hybridized carbons (Fsp3) is 0.257. The highest BCUT2D eigenvalue weighted by Crippen LogP contribution is 2.39. The fourth-order valence-corrected chi connectivity index (χ4v) is 11.7. The average molecular weight is 1390 g/mol. The van der Waals surface area contributed by atoms with Gasteiger partial charge in [-0.3, -0.25) is 73.1 Å². The maximum Gasteiger partial charge on any atom is 0.317 e. The van der Waals surface area contributed by atoms with Crippen LogP contribution in [0.15, 0.2) is 179 Å². The first-order valence-electron chi connectivity index (χ1n) is 33.3. The second-order valence-corrected chi connectivity index (χ2v) is 25.3. The van der Waals surface area contributed by atoms with E-state index in [0.717, 1.165) is 55.2 Å². The number of H-pyrrole nitrogens is 3. The van der Waals surface area contributed by atoms with Gasteiger partial charge in [-0.1, -0.05) is 18.2 Å². The molecule has 0 atom stereocenters. The largest absolute Gasteiger partial charge is 0.483 e. The SMILES string of the molecule is O=C(Nc1cn(C2CN(C(=O)C3CC3)C2)nc1-c1ccccn1)c1ccc(-c2cn[nH]c2)o1.O=C(Nc1cn(C2CN(C(=O)C3CC3)C2)nc1-c1ccccn1)c1ccc(-c2cn[nH]c2)o1.O=C(Nc1cn(C2CN(C(=O)NC3CC3)C2)nc1-c1ccccn1)c1ccc(-c2cn[nH]c2)o1.O=CO. The van der Waals surface area contributed by atoms with Gasteiger partial charge in [0.1, 0.15) is 34.4 Å². The number of hydrogen-bond acceptors (Lipinski definition) is 19. The van der Waals surface area contributed by atoms with Crippen molar-refractivity contribution >= 4 is 59.1 Å². The molecule has 3 aliphatic carbocycles. The van der Waals surface area contributed by atoms with Crippen LogP contribution in [0.3, 0.4) is 0 Å². The molecule has 33 heteroatoms. The van der Waals surface area contributed by atoms with Gasteiger partial charge in [0.25, 0.3) is 24.2 Å². The van der Waals surface area contributed by atoms with Gasteiger partial charge in [-0.2, -0.15) is 30.6 Å². The molecule has 7 amide bonds. The zero-order valence-corrected chi connectivity index (χ0v) is 54.9. The molecular formula is C70H66N22O11. The van der Waals surface area contributed by atoms with Crippen LogP contribution < -0.4 is 21.3 Å². The number of aromatic amines is 3. The summed E-state index contributed by atoms with van der Waals surface area (Å²) in [4.78, 5) is 103. The van der Waals surface area contributed by atoms with Crippen molar-refractivity contribution in [3.8, 4) is 68.1 Å². The molecule has 6 aliphatic rings. The number of likely N-dealkylation sites (tertiary alicyclic amines) is 3. The van der Waals surface area contributed by atoms with Crippen LogP contribution in [0.25, 0.3) is 68.1 Å². The van der Waals surface area contributed by atoms with Crippen LogP contribution in [0.5, 0.6) is 0 Å². The Hall–Kier alpha value is -13.4. The lowest BCUT2D eigenvalue weighted by molar-refractivity contribution is -0.139. The molecule has 18 rings (SSSR count). The van der Waals surface area contributed by atoms with Crippen LogP contribution in [0.1, 0.15) is 88.3 Å². The Balaban J connectivity index is 0.000000122. The minimum absolute atomic E-state index is 0.0226. The minimum atomic E-state index is -0.398. The smallest absolute Gasteiger partial charge is 0.317 e. The Kier molecular flexibility index (Phi) is 18.4. The summed E-state index contributed by atoms with van der Waals surface area (Å²) in [5.41, 5.74) is 7.47. The van der Waals surface area contributed by atoms with E-state index >= 15 is 0 Å². The van der Waals surface area contributed by atoms with Gasteiger partial charge in [0.2, 0.25) is 11.8 Å². The molecule has 3 aliphatic heterocycles. The van der Waals surface area contributed by atoms with Crippen molar-refractivity contribution in [2.24, 2.45) is 11.8 Å². The number of hydrogen-bond donors (Lipinski definition) is 8. The van der Waals surface area contributed by atoms with Crippen molar-refractivity contribution in [2.45, 2.75) is 62.7 Å². The lowest BCUT2D eigenvalue weighted by Gasteiger charge is -2.39. The lowest BCUT2D eigenvalue weighted by atomic mass is 10.1. The summed E-state index contributed by atoms with van der Waals surface area (Å²) >= 11 is 0. The number of anilines is 3. The summed E-state index contributed by atoms with van der Waals surface area (Å²) in [7, 11) is 0. The molecular weight excluding hydrogens is 1320 g/mol. The highest BCUT2D eigenvalue weighted by molar-refractivity contribution is 6.06. The molecule has 0 unspecified atom stereocenters. The first kappa shape index (κ1) is 65.6. The standard InChI is InChI=1S/C23H22N8O3.2C23H21N7O3.CH2O2/c32-22(20-7-6-19(34-20)14-9-25-26-10-14)28-18-13-31(29-21(18)17-3-1-2-8-24-17)16-11-30(12-16)23(33)27-15-4-5-15;2*31-22(20-7-6-19(33-20)15-9-25-26-10-15)27-18-13-30(28-21(18)17-3-1-2-8-24-17)16-11-29(12-16)23(32)14-4-5-14;2-1-3/h1-3,6-10,13,15-16H,4-5,11-12H2,(H,25,26)(H,27,33)(H,28,32);2*1-3,6-10,13-14,16H,4-5,11-12H2,(H,25,26)(H,27,31);1H,(H,2,3). The van der Waals surface area contributed by atoms with Gasteiger partial charge < -0.3 is 54.3 Å². The van der Waals surface area contributed by atoms with E-state index in [9.17, 15) is 28.8 Å². The van der Waals surface area contributed by atoms with E-state index in [2.05, 4.69) is 66.8 Å². The number of furan rings is 3. The third-order valence-electron chi connectivity index (χ3n) is 17.9. The third-order valence-corrected chi connectivity index (χ3v) is 17.9. The summed E-state index contributed by atoms with van der Waals surface area (Å²) in [6.45, 7) is 3.36. The molecule has 0 spiro atoms. The number of nitrogens with zero attached hydrogens (tertiary/aromatic N) is 15. The number of rotatable bonds is 18. The maximum absolute atomic E-state index is 12.9. The number of carbonyl (C=O) groups excluding carboxylic acids is 6. The molecule has 0 aromatic carbocycles. The van der Waals surface area contributed by atoms with Crippen LogP contribution in [0.4, 0.5) is 21.9 Å². The van der Waals surface area contributed by atoms with Gasteiger partial charge in [0.15, 0.2) is 17.3 Å². The molecule has 33 nitrogen and oxygen atoms in total. The Morgan fingerprint density at radius 3 is 1.06 bits per heavy atom. The highest BCUT2D eigenvalue weighted by Gasteiger charge is 2.42. The van der Waals surface area contributed by atoms with Crippen molar-refractivity contribution in [3.63, 3.8) is 0 Å². The highest BCUT2D eigenvalue weighted by atomic mass is 16.4. The molecule has 0 bridgehead atoms. The van der Waals surface area contributed by atoms with E-state index < -0.39 is 5.91 Å². The van der Waals surface area contributed by atoms with Gasteiger partial charge in [0, 0.05) is 113 Å². The Labute approximate surface area is 584 Å². The molecule has 12 aromatic rings. The number of amides is 7. The van der Waals surface area contributed by atoms with Crippen molar-refractivity contribution < 1.29 is 51.9 Å². The lowest BCUT2D eigenvalue weighted by Crippen LogP contribution is -2.54. The minimum Gasteiger partial charge on any atom is -0.483 e. The second kappa shape index (κ2) is 28.8. The van der Waals surface area contributed by atoms with E-state index in [1.165, 1.54) is 0 Å². The average Bonchev–Trinajstić information content (AvgIpc) is 1.66. The first-order chi connectivity index (χ1) is 50.4. The van der Waals surface area contributed by atoms with Crippen LogP contribution in [0.2, 0.25) is 0 Å². The zero-order valence-electron chi connectivity index (χ0n) is 54.9. The number of aromatic nitrogens is 15. The Morgan fingerprint density at radius 2 is 0.777 bits per heavy atom. The first-order valence-corrected chi connectivity index (χ1v) is 33.3. The predicted molar refractivity (Wildman–Crippen MR) is 367 cm³/mol. The van der Waals surface area contributed by atoms with E-state index in [-0.39, 0.29) is 83.4 Å². The fourth-order valence-electron chi connectivity index (χ4n) is 11.7. The summed E-state index contributed by atoms with van der Waals surface area (Å²) in [5, 5.41) is 52.6. The molecule has 522 valence electrons. The maximum atomic E-state index is 12.9. The summed E-state index contributed by atoms with van der Waals surface area (Å²) < 4.78 is 22.5. The second-order valence-electron chi connectivity index (χ2n) is 25.3. The van der Waals surface area contributed by atoms with Crippen LogP contribution in [0, 0.1) is 11.8 Å². The summed E-state index contributed by atoms with van der Waals surface area (Å²) in [5.74, 6) is 1.88. The van der Waals surface area contributed by atoms with E-state index in [0.29, 0.717) is 114 Å². The molecule has 3 saturated carbocycles. The summed E-state index contributed by atoms with van der Waals surface area (Å²) in [6.07, 6.45) is 26.5. The normalized spacial score (nSPS) is 15.5. The van der Waals surface area contributed by atoms with Gasteiger partial charge in [0.05, 0.1) is 87.6 Å². The molecule has 8 N–H and O–H groups in total. The monoisotopic (exact) mass is 1390 g/mol. The van der Waals surface area contributed by atoms with Crippen LogP contribution in [-0.4, -0.2) is 182 Å². The number of carbonyl (C=O) groups is 7. The van der Waals surface area contributed by atoms with Crippen LogP contribution >= 0.6 is 0 Å². The van der Waals surface area contributed by atoms with Crippen LogP contribution in [-0.2, 0) is 14.4 Å². The van der Waals surface area contributed by atoms with Crippen molar-refractivity contribution in [1.82, 2.24) is 94.9 Å². The predicted octanol–water partition coefficient (Wildman–Crippen LogP) is 8.56. The van der Waals surface area contributed by atoms with Gasteiger partial charge >= 0.3 is 6.03 Å². The van der Waals surface area contributed by atoms with E-state index in [4.69, 9.17) is 38.4 Å². The van der Waals surface area contributed by atoms with E-state index in [1.807, 2.05) is 73.8 Å². The summed E-state index contributed by atoms with van der Waals surface area (Å²) in [6, 6.07) is 27.1. The van der Waals surface area contributed by atoms with Gasteiger partial charge in [-0.05, 0) is 111 Å². The Bertz CT molecular complexity index is 4750. The number of urea groups is 1. The molecule has 103 heavy (non-hydrogen) atoms. The van der Waals surface area contributed by atoms with Crippen molar-refractivity contribution in [3.05, 3.63) is 183 Å². The number of carboxylic acid groups (broad SMARTS) is 1. The molecule has 0 radical (unpaired) electrons. The quantitative estimate of drug-likeness (QED) is 0.0373. The van der Waals surface area contributed by atoms with Crippen molar-refractivity contribution in [1.29, 1.82) is 0 Å². The van der Waals surface area contributed by atoms with Gasteiger partial charge in [-0.25, -0.2) is 4.79 Å². The third kappa shape index (κ3) is 14.9. The zero-order chi connectivity index (χ0) is 70.5. The number of nitrogens with one attached hydrogen (secondary N) is 7. The van der Waals surface area contributed by atoms with Crippen molar-refractivity contribution in [2.75, 3.05) is 55.2 Å². The molecule has 6 fully saturated rings. The molecule has 3 saturated heterocycles.